The minimum atomic E-state index is -0.684. The molecule has 4 atom stereocenters. The topological polar surface area (TPSA) is 61.8 Å². The van der Waals surface area contributed by atoms with Gasteiger partial charge in [-0.1, -0.05) is 31.3 Å². The minimum absolute atomic E-state index is 0.339. The van der Waals surface area contributed by atoms with Crippen molar-refractivity contribution in [1.29, 1.82) is 0 Å². The Kier molecular flexibility index (Phi) is 5.26. The number of methoxy groups -OCH3 is 2. The average molecular weight is 354 g/mol. The summed E-state index contributed by atoms with van der Waals surface area (Å²) in [6.07, 6.45) is 0.995. The zero-order chi connectivity index (χ0) is 13.0. The van der Waals surface area contributed by atoms with Crippen LogP contribution >= 0.6 is 20.7 Å². The molecule has 1 aliphatic rings. The fourth-order valence-electron chi connectivity index (χ4n) is 1.83. The third-order valence-corrected chi connectivity index (χ3v) is 4.58. The summed E-state index contributed by atoms with van der Waals surface area (Å²) in [4.78, 5) is 23.4. The lowest BCUT2D eigenvalue weighted by atomic mass is 9.91. The van der Waals surface area contributed by atoms with Crippen LogP contribution < -0.4 is 0 Å². The van der Waals surface area contributed by atoms with E-state index >= 15 is 0 Å². The highest BCUT2D eigenvalue weighted by molar-refractivity contribution is 14.2. The Labute approximate surface area is 110 Å². The van der Waals surface area contributed by atoms with Gasteiger partial charge in [0.1, 0.15) is 15.9 Å². The largest absolute Gasteiger partial charge is 0.469 e. The van der Waals surface area contributed by atoms with Gasteiger partial charge in [0.25, 0.3) is 0 Å². The summed E-state index contributed by atoms with van der Waals surface area (Å²) in [6.45, 7) is 3.60. The molecule has 0 saturated carbocycles. The summed E-state index contributed by atoms with van der Waals surface area (Å²) < 4.78 is 18.5. The number of hydrogen-bond acceptors (Lipinski definition) is 5. The molecule has 0 aliphatic carbocycles. The zero-order valence-electron chi connectivity index (χ0n) is 9.72. The number of halogens is 1. The Bertz CT molecular complexity index is 309. The van der Waals surface area contributed by atoms with Crippen LogP contribution in [0.25, 0.3) is 0 Å². The van der Waals surface area contributed by atoms with E-state index in [1.165, 1.54) is 20.3 Å². The molecule has 0 aromatic heterocycles. The van der Waals surface area contributed by atoms with Gasteiger partial charge < -0.3 is 14.2 Å². The van der Waals surface area contributed by atoms with Crippen molar-refractivity contribution in [2.45, 2.75) is 10.2 Å². The number of rotatable bonds is 4. The predicted molar refractivity (Wildman–Crippen MR) is 71.0 cm³/mol. The second kappa shape index (κ2) is 6.25. The third-order valence-electron chi connectivity index (χ3n) is 2.64. The van der Waals surface area contributed by atoms with Gasteiger partial charge in [0.05, 0.1) is 20.3 Å². The van der Waals surface area contributed by atoms with Crippen LogP contribution in [0, 0.1) is 11.8 Å². The highest BCUT2D eigenvalue weighted by Gasteiger charge is 2.51. The number of ether oxygens (including phenoxy) is 3. The summed E-state index contributed by atoms with van der Waals surface area (Å²) in [5.74, 6) is -2.26. The monoisotopic (exact) mass is 354 g/mol. The van der Waals surface area contributed by atoms with Crippen molar-refractivity contribution in [2.24, 2.45) is 11.8 Å². The molecule has 1 rings (SSSR count). The lowest BCUT2D eigenvalue weighted by Gasteiger charge is -2.17. The standard InChI is InChI=1S/C11H15IO5/c1-5-6-7(10(13)15-3)8(11(14)16-4)9(12-2)17-6/h5-9H,1-2H2,3-4H3. The van der Waals surface area contributed by atoms with Gasteiger partial charge in [-0.2, -0.15) is 0 Å². The van der Waals surface area contributed by atoms with Crippen LogP contribution in [0.15, 0.2) is 12.7 Å². The number of esters is 2. The number of alkyl halides is 1. The summed E-state index contributed by atoms with van der Waals surface area (Å²) in [5, 5.41) is 0. The number of carbonyl (C=O) groups excluding carboxylic acids is 2. The van der Waals surface area contributed by atoms with Crippen LogP contribution in [0.1, 0.15) is 0 Å². The second-order valence-electron chi connectivity index (χ2n) is 3.44. The van der Waals surface area contributed by atoms with Crippen molar-refractivity contribution < 1.29 is 23.8 Å². The Morgan fingerprint density at radius 3 is 2.18 bits per heavy atom. The van der Waals surface area contributed by atoms with E-state index in [1.54, 1.807) is 0 Å². The third kappa shape index (κ3) is 2.74. The molecule has 0 radical (unpaired) electrons. The summed E-state index contributed by atoms with van der Waals surface area (Å²) in [7, 11) is 2.57. The molecule has 1 fully saturated rings. The molecule has 1 heterocycles. The van der Waals surface area contributed by atoms with Crippen molar-refractivity contribution in [3.05, 3.63) is 12.7 Å². The molecule has 1 saturated heterocycles. The molecule has 0 aromatic carbocycles. The van der Waals surface area contributed by atoms with Gasteiger partial charge in [-0.15, -0.1) is 6.58 Å². The van der Waals surface area contributed by atoms with E-state index in [2.05, 4.69) is 11.1 Å². The first kappa shape index (κ1) is 14.3. The first-order valence-corrected chi connectivity index (χ1v) is 7.68. The summed E-state index contributed by atoms with van der Waals surface area (Å²) in [6, 6.07) is 0. The van der Waals surface area contributed by atoms with Crippen molar-refractivity contribution in [2.75, 3.05) is 14.2 Å². The van der Waals surface area contributed by atoms with Gasteiger partial charge in [-0.05, 0) is 0 Å². The van der Waals surface area contributed by atoms with Crippen LogP contribution in [-0.2, 0) is 23.8 Å². The predicted octanol–water partition coefficient (Wildman–Crippen LogP) is 0.878. The SMILES string of the molecule is C=CC1OC(I=C)C(C(=O)OC)C1C(=O)OC. The van der Waals surface area contributed by atoms with Crippen LogP contribution in [0.2, 0.25) is 0 Å². The molecule has 6 heteroatoms. The van der Waals surface area contributed by atoms with Crippen molar-refractivity contribution in [1.82, 2.24) is 0 Å². The van der Waals surface area contributed by atoms with Crippen molar-refractivity contribution in [3.8, 4) is 0 Å². The van der Waals surface area contributed by atoms with E-state index in [1.807, 2.05) is 0 Å². The molecule has 4 unspecified atom stereocenters. The zero-order valence-corrected chi connectivity index (χ0v) is 11.9. The smallest absolute Gasteiger partial charge is 0.313 e. The lowest BCUT2D eigenvalue weighted by Crippen LogP contribution is -2.35. The second-order valence-corrected chi connectivity index (χ2v) is 5.55. The van der Waals surface area contributed by atoms with Gasteiger partial charge in [0, 0.05) is 0 Å². The summed E-state index contributed by atoms with van der Waals surface area (Å²) in [5.41, 5.74) is 0. The first-order chi connectivity index (χ1) is 8.10. The molecule has 5 nitrogen and oxygen atoms in total. The number of carbonyl (C=O) groups is 2. The van der Waals surface area contributed by atoms with Gasteiger partial charge in [0.15, 0.2) is 0 Å². The Hall–Kier alpha value is -0.760. The highest BCUT2D eigenvalue weighted by atomic mass is 127. The van der Waals surface area contributed by atoms with E-state index < -0.39 is 50.6 Å². The van der Waals surface area contributed by atoms with Crippen molar-refractivity contribution in [3.63, 3.8) is 0 Å². The maximum Gasteiger partial charge on any atom is 0.313 e. The Morgan fingerprint density at radius 1 is 1.24 bits per heavy atom. The molecular weight excluding hydrogens is 339 g/mol. The van der Waals surface area contributed by atoms with Crippen LogP contribution in [0.4, 0.5) is 0 Å². The molecule has 17 heavy (non-hydrogen) atoms. The fourth-order valence-corrected chi connectivity index (χ4v) is 3.66. The molecule has 0 amide bonds. The number of hydrogen-bond donors (Lipinski definition) is 0. The molecule has 0 N–H and O–H groups in total. The Morgan fingerprint density at radius 2 is 1.76 bits per heavy atom. The molecule has 0 bridgehead atoms. The van der Waals surface area contributed by atoms with E-state index in [4.69, 9.17) is 14.2 Å². The maximum atomic E-state index is 11.7. The fraction of sp³-hybridized carbons (Fsp3) is 0.545. The minimum Gasteiger partial charge on any atom is -0.469 e. The van der Waals surface area contributed by atoms with Crippen LogP contribution in [0.3, 0.4) is 0 Å². The van der Waals surface area contributed by atoms with E-state index in [9.17, 15) is 9.59 Å². The molecule has 1 aliphatic heterocycles. The van der Waals surface area contributed by atoms with Gasteiger partial charge in [-0.25, -0.2) is 0 Å². The van der Waals surface area contributed by atoms with Gasteiger partial charge in [0.2, 0.25) is 0 Å². The Balaban J connectivity index is 3.07. The highest BCUT2D eigenvalue weighted by Crippen LogP contribution is 2.39. The molecular formula is C11H15IO5. The summed E-state index contributed by atoms with van der Waals surface area (Å²) >= 11 is -0.596. The van der Waals surface area contributed by atoms with Crippen LogP contribution in [-0.4, -0.2) is 40.9 Å². The van der Waals surface area contributed by atoms with E-state index in [-0.39, 0.29) is 4.11 Å². The first-order valence-electron chi connectivity index (χ1n) is 4.91. The maximum absolute atomic E-state index is 11.7. The molecule has 0 aromatic rings. The van der Waals surface area contributed by atoms with E-state index in [0.29, 0.717) is 0 Å². The average Bonchev–Trinajstić information content (AvgIpc) is 2.75. The quantitative estimate of drug-likeness (QED) is 0.325. The van der Waals surface area contributed by atoms with E-state index in [0.717, 1.165) is 0 Å². The van der Waals surface area contributed by atoms with Crippen LogP contribution in [0.5, 0.6) is 0 Å². The molecule has 96 valence electrons. The molecule has 0 spiro atoms. The van der Waals surface area contributed by atoms with Gasteiger partial charge in [-0.3, -0.25) is 9.59 Å². The lowest BCUT2D eigenvalue weighted by molar-refractivity contribution is -0.155. The van der Waals surface area contributed by atoms with Crippen molar-refractivity contribution >= 4 is 37.2 Å². The van der Waals surface area contributed by atoms with Gasteiger partial charge >= 0.3 is 11.9 Å². The normalized spacial score (nSPS) is 31.9.